The lowest BCUT2D eigenvalue weighted by atomic mass is 10.2. The number of rotatable bonds is 3. The van der Waals surface area contributed by atoms with Gasteiger partial charge in [-0.2, -0.15) is 4.31 Å². The zero-order chi connectivity index (χ0) is 11.6. The lowest BCUT2D eigenvalue weighted by molar-refractivity contribution is 0.476. The van der Waals surface area contributed by atoms with Crippen LogP contribution >= 0.6 is 0 Å². The van der Waals surface area contributed by atoms with Gasteiger partial charge >= 0.3 is 0 Å². The van der Waals surface area contributed by atoms with E-state index in [0.29, 0.717) is 18.7 Å². The third kappa shape index (κ3) is 2.10. The second kappa shape index (κ2) is 4.51. The van der Waals surface area contributed by atoms with Crippen LogP contribution in [0.4, 0.5) is 4.39 Å². The number of benzene rings is 1. The number of alkyl halides is 1. The molecule has 0 amide bonds. The van der Waals surface area contributed by atoms with E-state index in [9.17, 15) is 12.8 Å². The normalized spacial score (nSPS) is 17.8. The molecule has 1 aromatic rings. The molecule has 1 aliphatic rings. The van der Waals surface area contributed by atoms with E-state index in [2.05, 4.69) is 0 Å². The van der Waals surface area contributed by atoms with E-state index < -0.39 is 16.7 Å². The third-order valence-electron chi connectivity index (χ3n) is 2.78. The molecule has 0 atom stereocenters. The molecule has 0 unspecified atom stereocenters. The highest BCUT2D eigenvalue weighted by Gasteiger charge is 2.26. The van der Waals surface area contributed by atoms with Crippen LogP contribution in [0.3, 0.4) is 0 Å². The van der Waals surface area contributed by atoms with Gasteiger partial charge in [-0.25, -0.2) is 12.8 Å². The molecule has 1 fully saturated rings. The smallest absolute Gasteiger partial charge is 0.243 e. The summed E-state index contributed by atoms with van der Waals surface area (Å²) < 4.78 is 37.9. The van der Waals surface area contributed by atoms with Crippen molar-refractivity contribution < 1.29 is 12.8 Å². The van der Waals surface area contributed by atoms with E-state index in [1.165, 1.54) is 28.6 Å². The van der Waals surface area contributed by atoms with Crippen LogP contribution in [-0.4, -0.2) is 25.8 Å². The molecule has 88 valence electrons. The lowest BCUT2D eigenvalue weighted by Crippen LogP contribution is -2.27. The number of halogens is 1. The van der Waals surface area contributed by atoms with Gasteiger partial charge in [0.25, 0.3) is 0 Å². The molecular weight excluding hydrogens is 229 g/mol. The molecule has 0 spiro atoms. The number of sulfonamides is 1. The summed E-state index contributed by atoms with van der Waals surface area (Å²) in [4.78, 5) is 0.256. The molecule has 16 heavy (non-hydrogen) atoms. The Labute approximate surface area is 94.9 Å². The summed E-state index contributed by atoms with van der Waals surface area (Å²) in [5.41, 5.74) is 0.500. The predicted molar refractivity (Wildman–Crippen MR) is 59.2 cm³/mol. The van der Waals surface area contributed by atoms with Gasteiger partial charge in [0.1, 0.15) is 6.67 Å². The fraction of sp³-hybridized carbons (Fsp3) is 0.455. The first-order valence-corrected chi connectivity index (χ1v) is 6.73. The summed E-state index contributed by atoms with van der Waals surface area (Å²) >= 11 is 0. The van der Waals surface area contributed by atoms with Crippen molar-refractivity contribution >= 4 is 10.0 Å². The monoisotopic (exact) mass is 243 g/mol. The molecule has 0 N–H and O–H groups in total. The van der Waals surface area contributed by atoms with E-state index in [4.69, 9.17) is 0 Å². The first-order valence-electron chi connectivity index (χ1n) is 5.29. The second-order valence-corrected chi connectivity index (χ2v) is 5.83. The van der Waals surface area contributed by atoms with Gasteiger partial charge in [-0.3, -0.25) is 0 Å². The van der Waals surface area contributed by atoms with Gasteiger partial charge in [0.05, 0.1) is 4.90 Å². The Balaban J connectivity index is 2.28. The minimum Gasteiger partial charge on any atom is -0.246 e. The molecule has 1 saturated heterocycles. The molecule has 5 heteroatoms. The van der Waals surface area contributed by atoms with Crippen LogP contribution in [0, 0.1) is 0 Å². The van der Waals surface area contributed by atoms with Crippen molar-refractivity contribution in [2.24, 2.45) is 0 Å². The van der Waals surface area contributed by atoms with Crippen molar-refractivity contribution in [3.05, 3.63) is 29.8 Å². The molecule has 0 bridgehead atoms. The van der Waals surface area contributed by atoms with E-state index in [-0.39, 0.29) is 4.90 Å². The van der Waals surface area contributed by atoms with Crippen LogP contribution in [0.2, 0.25) is 0 Å². The van der Waals surface area contributed by atoms with Gasteiger partial charge in [0, 0.05) is 13.1 Å². The van der Waals surface area contributed by atoms with E-state index in [0.717, 1.165) is 12.8 Å². The van der Waals surface area contributed by atoms with Crippen LogP contribution in [-0.2, 0) is 16.7 Å². The highest BCUT2D eigenvalue weighted by Crippen LogP contribution is 2.21. The summed E-state index contributed by atoms with van der Waals surface area (Å²) in [5.74, 6) is 0. The van der Waals surface area contributed by atoms with E-state index in [1.807, 2.05) is 0 Å². The maximum atomic E-state index is 12.3. The Hall–Kier alpha value is -0.940. The minimum atomic E-state index is -3.35. The molecule has 0 saturated carbocycles. The average Bonchev–Trinajstić information content (AvgIpc) is 2.83. The average molecular weight is 243 g/mol. The zero-order valence-electron chi connectivity index (χ0n) is 8.89. The Bertz CT molecular complexity index is 449. The Morgan fingerprint density at radius 3 is 2.19 bits per heavy atom. The van der Waals surface area contributed by atoms with Crippen LogP contribution in [0.1, 0.15) is 18.4 Å². The Kier molecular flexibility index (Phi) is 3.25. The summed E-state index contributed by atoms with van der Waals surface area (Å²) in [7, 11) is -3.35. The third-order valence-corrected chi connectivity index (χ3v) is 4.69. The van der Waals surface area contributed by atoms with Crippen LogP contribution < -0.4 is 0 Å². The van der Waals surface area contributed by atoms with Gasteiger partial charge in [-0.1, -0.05) is 12.1 Å². The number of hydrogen-bond acceptors (Lipinski definition) is 2. The number of nitrogens with zero attached hydrogens (tertiary/aromatic N) is 1. The molecule has 1 aromatic carbocycles. The topological polar surface area (TPSA) is 37.4 Å². The van der Waals surface area contributed by atoms with Crippen molar-refractivity contribution in [2.45, 2.75) is 24.4 Å². The van der Waals surface area contributed by atoms with E-state index >= 15 is 0 Å². The maximum absolute atomic E-state index is 12.3. The zero-order valence-corrected chi connectivity index (χ0v) is 9.71. The fourth-order valence-corrected chi connectivity index (χ4v) is 3.35. The van der Waals surface area contributed by atoms with E-state index in [1.54, 1.807) is 0 Å². The summed E-state index contributed by atoms with van der Waals surface area (Å²) in [5, 5.41) is 0. The molecule has 3 nitrogen and oxygen atoms in total. The molecule has 2 rings (SSSR count). The van der Waals surface area contributed by atoms with Crippen molar-refractivity contribution in [3.63, 3.8) is 0 Å². The van der Waals surface area contributed by atoms with Crippen LogP contribution in [0.25, 0.3) is 0 Å². The summed E-state index contributed by atoms with van der Waals surface area (Å²) in [6.07, 6.45) is 1.84. The molecular formula is C11H14FNO2S. The highest BCUT2D eigenvalue weighted by atomic mass is 32.2. The summed E-state index contributed by atoms with van der Waals surface area (Å²) in [6, 6.07) is 5.98. The van der Waals surface area contributed by atoms with Crippen LogP contribution in [0.15, 0.2) is 29.2 Å². The van der Waals surface area contributed by atoms with Crippen molar-refractivity contribution in [1.29, 1.82) is 0 Å². The van der Waals surface area contributed by atoms with Gasteiger partial charge < -0.3 is 0 Å². The molecule has 1 heterocycles. The van der Waals surface area contributed by atoms with Gasteiger partial charge in [0.2, 0.25) is 10.0 Å². The minimum absolute atomic E-state index is 0.256. The number of hydrogen-bond donors (Lipinski definition) is 0. The van der Waals surface area contributed by atoms with Gasteiger partial charge in [-0.15, -0.1) is 0 Å². The van der Waals surface area contributed by atoms with Gasteiger partial charge in [-0.05, 0) is 30.5 Å². The first kappa shape index (κ1) is 11.5. The first-order chi connectivity index (χ1) is 7.64. The Morgan fingerprint density at radius 2 is 1.69 bits per heavy atom. The van der Waals surface area contributed by atoms with Crippen molar-refractivity contribution in [1.82, 2.24) is 4.31 Å². The predicted octanol–water partition coefficient (Wildman–Crippen LogP) is 1.94. The lowest BCUT2D eigenvalue weighted by Gasteiger charge is -2.15. The largest absolute Gasteiger partial charge is 0.246 e. The SMILES string of the molecule is O=S(=O)(c1ccc(CF)cc1)N1CCCC1. The molecule has 0 aliphatic carbocycles. The fourth-order valence-electron chi connectivity index (χ4n) is 1.83. The summed E-state index contributed by atoms with van der Waals surface area (Å²) in [6.45, 7) is 0.616. The quantitative estimate of drug-likeness (QED) is 0.813. The van der Waals surface area contributed by atoms with Crippen LogP contribution in [0.5, 0.6) is 0 Å². The standard InChI is InChI=1S/C11H14FNO2S/c12-9-10-3-5-11(6-4-10)16(14,15)13-7-1-2-8-13/h3-6H,1-2,7-9H2. The molecule has 0 radical (unpaired) electrons. The van der Waals surface area contributed by atoms with Gasteiger partial charge in [0.15, 0.2) is 0 Å². The van der Waals surface area contributed by atoms with Crippen molar-refractivity contribution in [3.8, 4) is 0 Å². The molecule has 1 aliphatic heterocycles. The van der Waals surface area contributed by atoms with Crippen molar-refractivity contribution in [2.75, 3.05) is 13.1 Å². The maximum Gasteiger partial charge on any atom is 0.243 e. The second-order valence-electron chi connectivity index (χ2n) is 3.89. The molecule has 0 aromatic heterocycles. The Morgan fingerprint density at radius 1 is 1.12 bits per heavy atom. The highest BCUT2D eigenvalue weighted by molar-refractivity contribution is 7.89.